The predicted molar refractivity (Wildman–Crippen MR) is 101 cm³/mol. The summed E-state index contributed by atoms with van der Waals surface area (Å²) >= 11 is 0. The van der Waals surface area contributed by atoms with Crippen LogP contribution >= 0.6 is 0 Å². The number of para-hydroxylation sites is 1. The van der Waals surface area contributed by atoms with Crippen molar-refractivity contribution in [3.8, 4) is 5.75 Å². The fourth-order valence-electron chi connectivity index (χ4n) is 2.93. The Kier molecular flexibility index (Phi) is 5.73. The smallest absolute Gasteiger partial charge is 0.224 e. The first kappa shape index (κ1) is 17.1. The van der Waals surface area contributed by atoms with Gasteiger partial charge in [-0.05, 0) is 48.6 Å². The van der Waals surface area contributed by atoms with Crippen LogP contribution in [-0.4, -0.2) is 23.6 Å². The van der Waals surface area contributed by atoms with E-state index in [9.17, 15) is 4.79 Å². The summed E-state index contributed by atoms with van der Waals surface area (Å²) < 4.78 is 7.64. The SMILES string of the molecule is CCOc1ccc(CC(=O)NCCCn2ccc3ccccc32)cc1. The second-order valence-corrected chi connectivity index (χ2v) is 6.03. The molecule has 2 aromatic carbocycles. The first-order valence-electron chi connectivity index (χ1n) is 8.78. The minimum absolute atomic E-state index is 0.0570. The molecule has 0 saturated heterocycles. The molecule has 0 spiro atoms. The van der Waals surface area contributed by atoms with Crippen molar-refractivity contribution in [1.82, 2.24) is 9.88 Å². The number of fused-ring (bicyclic) bond motifs is 1. The molecule has 0 atom stereocenters. The number of benzene rings is 2. The third-order valence-electron chi connectivity index (χ3n) is 4.18. The van der Waals surface area contributed by atoms with Crippen LogP contribution in [0.5, 0.6) is 5.75 Å². The van der Waals surface area contributed by atoms with E-state index in [0.29, 0.717) is 19.6 Å². The van der Waals surface area contributed by atoms with Gasteiger partial charge in [0.2, 0.25) is 5.91 Å². The van der Waals surface area contributed by atoms with E-state index in [1.165, 1.54) is 10.9 Å². The van der Waals surface area contributed by atoms with Crippen LogP contribution in [-0.2, 0) is 17.8 Å². The molecule has 0 aliphatic rings. The van der Waals surface area contributed by atoms with Crippen molar-refractivity contribution in [2.24, 2.45) is 0 Å². The van der Waals surface area contributed by atoms with E-state index in [-0.39, 0.29) is 5.91 Å². The van der Waals surface area contributed by atoms with Gasteiger partial charge in [-0.3, -0.25) is 4.79 Å². The number of carbonyl (C=O) groups is 1. The Hall–Kier alpha value is -2.75. The van der Waals surface area contributed by atoms with Gasteiger partial charge in [0.1, 0.15) is 5.75 Å². The van der Waals surface area contributed by atoms with Crippen molar-refractivity contribution < 1.29 is 9.53 Å². The van der Waals surface area contributed by atoms with Crippen LogP contribution in [0.2, 0.25) is 0 Å². The monoisotopic (exact) mass is 336 g/mol. The quantitative estimate of drug-likeness (QED) is 0.636. The van der Waals surface area contributed by atoms with Gasteiger partial charge in [-0.1, -0.05) is 30.3 Å². The number of nitrogens with one attached hydrogen (secondary N) is 1. The molecule has 1 amide bonds. The van der Waals surface area contributed by atoms with Crippen LogP contribution in [0, 0.1) is 0 Å². The average molecular weight is 336 g/mol. The van der Waals surface area contributed by atoms with Gasteiger partial charge >= 0.3 is 0 Å². The number of carbonyl (C=O) groups excluding carboxylic acids is 1. The van der Waals surface area contributed by atoms with Crippen LogP contribution < -0.4 is 10.1 Å². The largest absolute Gasteiger partial charge is 0.494 e. The van der Waals surface area contributed by atoms with E-state index >= 15 is 0 Å². The molecular weight excluding hydrogens is 312 g/mol. The summed E-state index contributed by atoms with van der Waals surface area (Å²) in [5.41, 5.74) is 2.24. The first-order chi connectivity index (χ1) is 12.3. The van der Waals surface area contributed by atoms with Gasteiger partial charge in [-0.25, -0.2) is 0 Å². The Bertz CT molecular complexity index is 821. The van der Waals surface area contributed by atoms with E-state index in [4.69, 9.17) is 4.74 Å². The summed E-state index contributed by atoms with van der Waals surface area (Å²) in [5, 5.41) is 4.25. The number of amides is 1. The molecule has 1 N–H and O–H groups in total. The average Bonchev–Trinajstić information content (AvgIpc) is 3.04. The fraction of sp³-hybridized carbons (Fsp3) is 0.286. The van der Waals surface area contributed by atoms with Gasteiger partial charge in [0, 0.05) is 24.8 Å². The maximum absolute atomic E-state index is 12.0. The highest BCUT2D eigenvalue weighted by atomic mass is 16.5. The zero-order chi connectivity index (χ0) is 17.5. The van der Waals surface area contributed by atoms with Crippen molar-refractivity contribution in [3.05, 3.63) is 66.4 Å². The lowest BCUT2D eigenvalue weighted by molar-refractivity contribution is -0.120. The Morgan fingerprint density at radius 3 is 2.68 bits per heavy atom. The molecular formula is C21H24N2O2. The molecule has 0 aliphatic carbocycles. The number of ether oxygens (including phenoxy) is 1. The number of nitrogens with zero attached hydrogens (tertiary/aromatic N) is 1. The molecule has 4 nitrogen and oxygen atoms in total. The van der Waals surface area contributed by atoms with E-state index in [1.54, 1.807) is 0 Å². The molecule has 0 saturated carbocycles. The highest BCUT2D eigenvalue weighted by molar-refractivity contribution is 5.80. The summed E-state index contributed by atoms with van der Waals surface area (Å²) in [6.07, 6.45) is 3.42. The van der Waals surface area contributed by atoms with Crippen molar-refractivity contribution in [3.63, 3.8) is 0 Å². The van der Waals surface area contributed by atoms with Crippen molar-refractivity contribution in [2.75, 3.05) is 13.2 Å². The van der Waals surface area contributed by atoms with Gasteiger partial charge in [0.05, 0.1) is 13.0 Å². The van der Waals surface area contributed by atoms with Crippen LogP contribution in [0.3, 0.4) is 0 Å². The van der Waals surface area contributed by atoms with Crippen molar-refractivity contribution >= 4 is 16.8 Å². The van der Waals surface area contributed by atoms with E-state index in [2.05, 4.69) is 40.3 Å². The number of aryl methyl sites for hydroxylation is 1. The highest BCUT2D eigenvalue weighted by Crippen LogP contribution is 2.15. The lowest BCUT2D eigenvalue weighted by atomic mass is 10.1. The molecule has 1 aromatic heterocycles. The molecule has 0 bridgehead atoms. The topological polar surface area (TPSA) is 43.3 Å². The second kappa shape index (κ2) is 8.38. The zero-order valence-corrected chi connectivity index (χ0v) is 14.6. The molecule has 0 radical (unpaired) electrons. The lowest BCUT2D eigenvalue weighted by Crippen LogP contribution is -2.26. The van der Waals surface area contributed by atoms with Crippen LogP contribution in [0.25, 0.3) is 10.9 Å². The minimum atomic E-state index is 0.0570. The van der Waals surface area contributed by atoms with Crippen molar-refractivity contribution in [2.45, 2.75) is 26.3 Å². The Labute approximate surface area is 148 Å². The normalized spacial score (nSPS) is 10.8. The van der Waals surface area contributed by atoms with Crippen LogP contribution in [0.15, 0.2) is 60.8 Å². The minimum Gasteiger partial charge on any atom is -0.494 e. The maximum atomic E-state index is 12.0. The van der Waals surface area contributed by atoms with Gasteiger partial charge in [0.25, 0.3) is 0 Å². The Morgan fingerprint density at radius 1 is 1.08 bits per heavy atom. The summed E-state index contributed by atoms with van der Waals surface area (Å²) in [6, 6.07) is 18.2. The maximum Gasteiger partial charge on any atom is 0.224 e. The van der Waals surface area contributed by atoms with Gasteiger partial charge in [-0.15, -0.1) is 0 Å². The summed E-state index contributed by atoms with van der Waals surface area (Å²) in [7, 11) is 0. The molecule has 1 heterocycles. The molecule has 0 aliphatic heterocycles. The Balaban J connectivity index is 1.42. The van der Waals surface area contributed by atoms with E-state index in [1.807, 2.05) is 37.3 Å². The van der Waals surface area contributed by atoms with Gasteiger partial charge in [-0.2, -0.15) is 0 Å². The molecule has 25 heavy (non-hydrogen) atoms. The number of aromatic nitrogens is 1. The second-order valence-electron chi connectivity index (χ2n) is 6.03. The summed E-state index contributed by atoms with van der Waals surface area (Å²) in [4.78, 5) is 12.0. The standard InChI is InChI=1S/C21H24N2O2/c1-2-25-19-10-8-17(9-11-19)16-21(24)22-13-5-14-23-15-12-18-6-3-4-7-20(18)23/h3-4,6-12,15H,2,5,13-14,16H2,1H3,(H,22,24). The first-order valence-corrected chi connectivity index (χ1v) is 8.78. The number of hydrogen-bond donors (Lipinski definition) is 1. The van der Waals surface area contributed by atoms with Crippen LogP contribution in [0.4, 0.5) is 0 Å². The highest BCUT2D eigenvalue weighted by Gasteiger charge is 2.04. The molecule has 4 heteroatoms. The molecule has 3 aromatic rings. The molecule has 3 rings (SSSR count). The third-order valence-corrected chi connectivity index (χ3v) is 4.18. The zero-order valence-electron chi connectivity index (χ0n) is 14.6. The van der Waals surface area contributed by atoms with Gasteiger partial charge < -0.3 is 14.6 Å². The molecule has 130 valence electrons. The number of rotatable bonds is 8. The van der Waals surface area contributed by atoms with Gasteiger partial charge in [0.15, 0.2) is 0 Å². The molecule has 0 unspecified atom stereocenters. The number of hydrogen-bond acceptors (Lipinski definition) is 2. The van der Waals surface area contributed by atoms with Crippen molar-refractivity contribution in [1.29, 1.82) is 0 Å². The fourth-order valence-corrected chi connectivity index (χ4v) is 2.93. The molecule has 0 fully saturated rings. The Morgan fingerprint density at radius 2 is 1.88 bits per heavy atom. The lowest BCUT2D eigenvalue weighted by Gasteiger charge is -2.08. The van der Waals surface area contributed by atoms with E-state index < -0.39 is 0 Å². The van der Waals surface area contributed by atoms with Crippen LogP contribution in [0.1, 0.15) is 18.9 Å². The summed E-state index contributed by atoms with van der Waals surface area (Å²) in [5.74, 6) is 0.895. The summed E-state index contributed by atoms with van der Waals surface area (Å²) in [6.45, 7) is 4.19. The van der Waals surface area contributed by atoms with E-state index in [0.717, 1.165) is 24.3 Å². The predicted octanol–water partition coefficient (Wildman–Crippen LogP) is 3.79. The third kappa shape index (κ3) is 4.63.